The first-order chi connectivity index (χ1) is 21.1. The molecule has 44 heavy (non-hydrogen) atoms. The maximum Gasteiger partial charge on any atom is 0.255 e. The van der Waals surface area contributed by atoms with Gasteiger partial charge < -0.3 is 40.8 Å². The van der Waals surface area contributed by atoms with Crippen LogP contribution in [0.15, 0.2) is 54.6 Å². The number of anilines is 4. The largest absolute Gasteiger partial charge is 0.493 e. The third-order valence-corrected chi connectivity index (χ3v) is 6.75. The Morgan fingerprint density at radius 1 is 0.955 bits per heavy atom. The Hall–Kier alpha value is -4.94. The number of nitrogens with zero attached hydrogens (tertiary/aromatic N) is 3. The third kappa shape index (κ3) is 7.52. The fourth-order valence-electron chi connectivity index (χ4n) is 4.43. The summed E-state index contributed by atoms with van der Waals surface area (Å²) in [5.74, 6) is 1.12. The highest BCUT2D eigenvalue weighted by molar-refractivity contribution is 6.05. The van der Waals surface area contributed by atoms with Crippen molar-refractivity contribution in [2.45, 2.75) is 39.2 Å². The predicted molar refractivity (Wildman–Crippen MR) is 169 cm³/mol. The summed E-state index contributed by atoms with van der Waals surface area (Å²) in [4.78, 5) is 26.1. The third-order valence-electron chi connectivity index (χ3n) is 6.75. The summed E-state index contributed by atoms with van der Waals surface area (Å²) in [5, 5.41) is 25.4. The van der Waals surface area contributed by atoms with Crippen molar-refractivity contribution in [2.75, 3.05) is 43.8 Å². The van der Waals surface area contributed by atoms with E-state index in [-0.39, 0.29) is 42.3 Å². The maximum atomic E-state index is 13.1. The molecule has 0 aliphatic heterocycles. The van der Waals surface area contributed by atoms with E-state index in [4.69, 9.17) is 25.1 Å². The summed E-state index contributed by atoms with van der Waals surface area (Å²) in [6.07, 6.45) is 0.449. The molecule has 12 nitrogen and oxygen atoms in total. The van der Waals surface area contributed by atoms with E-state index < -0.39 is 6.61 Å². The van der Waals surface area contributed by atoms with Gasteiger partial charge in [-0.1, -0.05) is 45.0 Å². The highest BCUT2D eigenvalue weighted by Crippen LogP contribution is 2.41. The topological polar surface area (TPSA) is 174 Å². The number of rotatable bonds is 12. The van der Waals surface area contributed by atoms with Gasteiger partial charge in [-0.05, 0) is 29.2 Å². The zero-order chi connectivity index (χ0) is 31.9. The van der Waals surface area contributed by atoms with Gasteiger partial charge in [0, 0.05) is 53.2 Å². The molecule has 3 aromatic carbocycles. The zero-order valence-corrected chi connectivity index (χ0v) is 25.5. The number of aliphatic hydroxyl groups excluding tert-OH is 2. The summed E-state index contributed by atoms with van der Waals surface area (Å²) < 4.78 is 16.7. The van der Waals surface area contributed by atoms with E-state index in [1.807, 2.05) is 12.1 Å². The van der Waals surface area contributed by atoms with Crippen molar-refractivity contribution < 1.29 is 29.2 Å². The summed E-state index contributed by atoms with van der Waals surface area (Å²) in [7, 11) is 3.00. The lowest BCUT2D eigenvalue weighted by Crippen LogP contribution is -2.15. The van der Waals surface area contributed by atoms with Crippen LogP contribution in [0.1, 0.15) is 48.7 Å². The number of nitrogens with two attached hydrogens (primary N) is 1. The molecule has 1 heterocycles. The van der Waals surface area contributed by atoms with E-state index in [0.29, 0.717) is 51.7 Å². The molecule has 0 fully saturated rings. The number of amides is 1. The number of nitrogen functional groups attached to an aromatic ring is 1. The lowest BCUT2D eigenvalue weighted by atomic mass is 9.86. The number of hydrogen-bond acceptors (Lipinski definition) is 11. The Balaban J connectivity index is 1.62. The second-order valence-corrected chi connectivity index (χ2v) is 10.9. The van der Waals surface area contributed by atoms with E-state index >= 15 is 0 Å². The van der Waals surface area contributed by atoms with Crippen LogP contribution in [-0.2, 0) is 12.0 Å². The number of nitrogens with one attached hydrogen (secondary N) is 2. The van der Waals surface area contributed by atoms with Gasteiger partial charge in [-0.25, -0.2) is 0 Å². The Morgan fingerprint density at radius 3 is 2.23 bits per heavy atom. The van der Waals surface area contributed by atoms with Gasteiger partial charge in [0.15, 0.2) is 17.3 Å². The van der Waals surface area contributed by atoms with Gasteiger partial charge >= 0.3 is 0 Å². The minimum Gasteiger partial charge on any atom is -0.493 e. The number of carbonyl (C=O) groups is 1. The van der Waals surface area contributed by atoms with E-state index in [1.165, 1.54) is 14.2 Å². The van der Waals surface area contributed by atoms with Crippen LogP contribution in [0.2, 0.25) is 0 Å². The van der Waals surface area contributed by atoms with E-state index in [1.54, 1.807) is 42.5 Å². The predicted octanol–water partition coefficient (Wildman–Crippen LogP) is 4.68. The van der Waals surface area contributed by atoms with E-state index in [9.17, 15) is 9.90 Å². The SMILES string of the molecule is COc1cc(Nc2nc(N)nc(-c3cccc(NC(=O)c4ccc(C(C)(C)C)cc4)c3CO)n2)cc(OC)c1OCCCO. The van der Waals surface area contributed by atoms with Crippen LogP contribution in [0.4, 0.5) is 23.3 Å². The lowest BCUT2D eigenvalue weighted by molar-refractivity contribution is 0.102. The molecule has 0 radical (unpaired) electrons. The Kier molecular flexibility index (Phi) is 10.2. The van der Waals surface area contributed by atoms with Gasteiger partial charge in [-0.3, -0.25) is 4.79 Å². The molecule has 0 unspecified atom stereocenters. The van der Waals surface area contributed by atoms with E-state index in [2.05, 4.69) is 46.4 Å². The van der Waals surface area contributed by atoms with Gasteiger partial charge in [0.25, 0.3) is 5.91 Å². The van der Waals surface area contributed by atoms with Crippen LogP contribution >= 0.6 is 0 Å². The Labute approximate surface area is 256 Å². The molecule has 0 saturated heterocycles. The molecule has 0 atom stereocenters. The van der Waals surface area contributed by atoms with Crippen LogP contribution in [0.5, 0.6) is 17.2 Å². The number of aromatic nitrogens is 3. The quantitative estimate of drug-likeness (QED) is 0.142. The van der Waals surface area contributed by atoms with Crippen molar-refractivity contribution in [3.05, 3.63) is 71.3 Å². The molecule has 4 aromatic rings. The van der Waals surface area contributed by atoms with Crippen molar-refractivity contribution in [3.63, 3.8) is 0 Å². The smallest absolute Gasteiger partial charge is 0.255 e. The first-order valence-corrected chi connectivity index (χ1v) is 14.0. The molecule has 1 amide bonds. The summed E-state index contributed by atoms with van der Waals surface area (Å²) in [5.41, 5.74) is 9.43. The van der Waals surface area contributed by atoms with Crippen molar-refractivity contribution >= 4 is 29.2 Å². The highest BCUT2D eigenvalue weighted by atomic mass is 16.5. The van der Waals surface area contributed by atoms with Gasteiger partial charge in [0.2, 0.25) is 17.6 Å². The molecule has 1 aromatic heterocycles. The summed E-state index contributed by atoms with van der Waals surface area (Å²) >= 11 is 0. The van der Waals surface area contributed by atoms with Gasteiger partial charge in [-0.15, -0.1) is 0 Å². The average molecular weight is 603 g/mol. The van der Waals surface area contributed by atoms with Crippen LogP contribution in [0.3, 0.4) is 0 Å². The van der Waals surface area contributed by atoms with Gasteiger partial charge in [0.1, 0.15) is 0 Å². The molecule has 232 valence electrons. The molecule has 0 spiro atoms. The van der Waals surface area contributed by atoms with Crippen LogP contribution in [0.25, 0.3) is 11.4 Å². The highest BCUT2D eigenvalue weighted by Gasteiger charge is 2.19. The zero-order valence-electron chi connectivity index (χ0n) is 25.5. The Morgan fingerprint density at radius 2 is 1.64 bits per heavy atom. The number of aliphatic hydroxyl groups is 2. The monoisotopic (exact) mass is 602 g/mol. The minimum absolute atomic E-state index is 0.00781. The van der Waals surface area contributed by atoms with Crippen molar-refractivity contribution in [2.24, 2.45) is 0 Å². The number of hydrogen-bond donors (Lipinski definition) is 5. The second-order valence-electron chi connectivity index (χ2n) is 10.9. The molecule has 6 N–H and O–H groups in total. The van der Waals surface area contributed by atoms with Crippen LogP contribution < -0.4 is 30.6 Å². The minimum atomic E-state index is -0.394. The van der Waals surface area contributed by atoms with Gasteiger partial charge in [0.05, 0.1) is 27.4 Å². The fourth-order valence-corrected chi connectivity index (χ4v) is 4.43. The molecule has 12 heteroatoms. The first kappa shape index (κ1) is 32.0. The number of carbonyl (C=O) groups excluding carboxylic acids is 1. The molecule has 0 aliphatic rings. The number of methoxy groups -OCH3 is 2. The molecule has 4 rings (SSSR count). The summed E-state index contributed by atoms with van der Waals surface area (Å²) in [6.45, 7) is 6.20. The van der Waals surface area contributed by atoms with Crippen LogP contribution in [0, 0.1) is 0 Å². The second kappa shape index (κ2) is 14.0. The molecule has 0 saturated carbocycles. The number of benzene rings is 3. The molecular formula is C32H38N6O6. The number of ether oxygens (including phenoxy) is 3. The summed E-state index contributed by atoms with van der Waals surface area (Å²) in [6, 6.07) is 15.9. The van der Waals surface area contributed by atoms with E-state index in [0.717, 1.165) is 5.56 Å². The van der Waals surface area contributed by atoms with Crippen molar-refractivity contribution in [3.8, 4) is 28.6 Å². The molecular weight excluding hydrogens is 564 g/mol. The van der Waals surface area contributed by atoms with Crippen molar-refractivity contribution in [1.29, 1.82) is 0 Å². The lowest BCUT2D eigenvalue weighted by Gasteiger charge is -2.19. The maximum absolute atomic E-state index is 13.1. The molecule has 0 aliphatic carbocycles. The van der Waals surface area contributed by atoms with Crippen molar-refractivity contribution in [1.82, 2.24) is 15.0 Å². The average Bonchev–Trinajstić information content (AvgIpc) is 3.00. The first-order valence-electron chi connectivity index (χ1n) is 14.0. The molecule has 0 bridgehead atoms. The normalized spacial score (nSPS) is 11.2. The van der Waals surface area contributed by atoms with Crippen LogP contribution in [-0.4, -0.2) is 58.5 Å². The Bertz CT molecular complexity index is 1580. The standard InChI is InChI=1S/C32H38N6O6/c1-32(2,3)20-12-10-19(11-13-20)29(41)35-24-9-6-8-22(23(24)18-40)28-36-30(33)38-31(37-28)34-21-16-25(42-4)27(26(17-21)43-5)44-15-7-14-39/h6,8-13,16-17,39-40H,7,14-15,18H2,1-5H3,(H,35,41)(H3,33,34,36,37,38). The van der Waals surface area contributed by atoms with Gasteiger partial charge in [-0.2, -0.15) is 15.0 Å². The fraction of sp³-hybridized carbons (Fsp3) is 0.312.